The highest BCUT2D eigenvalue weighted by molar-refractivity contribution is 5.13. The minimum atomic E-state index is -0.195. The molecule has 1 heterocycles. The summed E-state index contributed by atoms with van der Waals surface area (Å²) in [6.07, 6.45) is 7.52. The van der Waals surface area contributed by atoms with Crippen molar-refractivity contribution in [3.05, 3.63) is 11.6 Å². The highest BCUT2D eigenvalue weighted by Gasteiger charge is 2.32. The second-order valence-electron chi connectivity index (χ2n) is 5.17. The van der Waals surface area contributed by atoms with Crippen molar-refractivity contribution in [1.82, 2.24) is 0 Å². The molecule has 80 valence electrons. The van der Waals surface area contributed by atoms with Crippen molar-refractivity contribution in [2.75, 3.05) is 0 Å². The Morgan fingerprint density at radius 2 is 2.29 bits per heavy atom. The molecule has 0 bridgehead atoms. The van der Waals surface area contributed by atoms with E-state index in [1.165, 1.54) is 12.0 Å². The van der Waals surface area contributed by atoms with Gasteiger partial charge in [0.1, 0.15) is 0 Å². The van der Waals surface area contributed by atoms with Crippen LogP contribution >= 0.6 is 0 Å². The summed E-state index contributed by atoms with van der Waals surface area (Å²) in [6.45, 7) is 4.32. The SMILES string of the molecule is CC1(C)CCC(CC2=CC(O)CC2)O1. The maximum absolute atomic E-state index is 9.36. The third-order valence-corrected chi connectivity index (χ3v) is 3.23. The van der Waals surface area contributed by atoms with Gasteiger partial charge in [-0.05, 0) is 46.0 Å². The highest BCUT2D eigenvalue weighted by atomic mass is 16.5. The average Bonchev–Trinajstić information content (AvgIpc) is 2.59. The van der Waals surface area contributed by atoms with Crippen molar-refractivity contribution < 1.29 is 9.84 Å². The number of aliphatic hydroxyl groups is 1. The molecule has 1 aliphatic carbocycles. The molecular formula is C12H20O2. The first-order valence-corrected chi connectivity index (χ1v) is 5.61. The zero-order chi connectivity index (χ0) is 10.2. The molecule has 14 heavy (non-hydrogen) atoms. The Morgan fingerprint density at radius 1 is 1.50 bits per heavy atom. The Labute approximate surface area is 86.0 Å². The molecule has 2 heteroatoms. The summed E-state index contributed by atoms with van der Waals surface area (Å²) in [6, 6.07) is 0. The van der Waals surface area contributed by atoms with Crippen molar-refractivity contribution in [2.24, 2.45) is 0 Å². The fourth-order valence-corrected chi connectivity index (χ4v) is 2.46. The normalized spacial score (nSPS) is 36.1. The summed E-state index contributed by atoms with van der Waals surface area (Å²) in [4.78, 5) is 0. The molecule has 2 unspecified atom stereocenters. The average molecular weight is 196 g/mol. The molecule has 0 amide bonds. The molecule has 1 fully saturated rings. The van der Waals surface area contributed by atoms with Gasteiger partial charge in [0.15, 0.2) is 0 Å². The van der Waals surface area contributed by atoms with Gasteiger partial charge in [0, 0.05) is 0 Å². The van der Waals surface area contributed by atoms with Gasteiger partial charge in [0.2, 0.25) is 0 Å². The third-order valence-electron chi connectivity index (χ3n) is 3.23. The summed E-state index contributed by atoms with van der Waals surface area (Å²) in [7, 11) is 0. The van der Waals surface area contributed by atoms with Gasteiger partial charge in [0.05, 0.1) is 17.8 Å². The molecule has 1 saturated heterocycles. The van der Waals surface area contributed by atoms with Crippen LogP contribution in [-0.2, 0) is 4.74 Å². The monoisotopic (exact) mass is 196 g/mol. The Bertz CT molecular complexity index is 243. The van der Waals surface area contributed by atoms with E-state index in [2.05, 4.69) is 13.8 Å². The van der Waals surface area contributed by atoms with Crippen LogP contribution < -0.4 is 0 Å². The molecule has 0 radical (unpaired) electrons. The van der Waals surface area contributed by atoms with E-state index in [0.717, 1.165) is 25.7 Å². The van der Waals surface area contributed by atoms with E-state index >= 15 is 0 Å². The number of aliphatic hydroxyl groups excluding tert-OH is 1. The van der Waals surface area contributed by atoms with Crippen LogP contribution in [0.3, 0.4) is 0 Å². The molecule has 2 atom stereocenters. The van der Waals surface area contributed by atoms with Gasteiger partial charge in [0.25, 0.3) is 0 Å². The van der Waals surface area contributed by atoms with E-state index in [9.17, 15) is 5.11 Å². The first-order chi connectivity index (χ1) is 6.55. The fourth-order valence-electron chi connectivity index (χ4n) is 2.46. The molecular weight excluding hydrogens is 176 g/mol. The smallest absolute Gasteiger partial charge is 0.0726 e. The molecule has 1 aliphatic heterocycles. The van der Waals surface area contributed by atoms with Crippen LogP contribution in [0.5, 0.6) is 0 Å². The zero-order valence-electron chi connectivity index (χ0n) is 9.12. The highest BCUT2D eigenvalue weighted by Crippen LogP contribution is 2.34. The Balaban J connectivity index is 1.85. The molecule has 0 spiro atoms. The number of rotatable bonds is 2. The first-order valence-electron chi connectivity index (χ1n) is 5.61. The van der Waals surface area contributed by atoms with Crippen molar-refractivity contribution in [3.8, 4) is 0 Å². The van der Waals surface area contributed by atoms with E-state index in [4.69, 9.17) is 4.74 Å². The van der Waals surface area contributed by atoms with Crippen LogP contribution in [0.4, 0.5) is 0 Å². The van der Waals surface area contributed by atoms with Crippen LogP contribution in [0.15, 0.2) is 11.6 Å². The Morgan fingerprint density at radius 3 is 2.79 bits per heavy atom. The van der Waals surface area contributed by atoms with Gasteiger partial charge in [-0.3, -0.25) is 0 Å². The Hall–Kier alpha value is -0.340. The maximum atomic E-state index is 9.36. The molecule has 2 aliphatic rings. The van der Waals surface area contributed by atoms with Gasteiger partial charge in [-0.1, -0.05) is 11.6 Å². The summed E-state index contributed by atoms with van der Waals surface area (Å²) < 4.78 is 5.92. The third kappa shape index (κ3) is 2.37. The summed E-state index contributed by atoms with van der Waals surface area (Å²) >= 11 is 0. The minimum Gasteiger partial charge on any atom is -0.389 e. The largest absolute Gasteiger partial charge is 0.389 e. The molecule has 1 N–H and O–H groups in total. The molecule has 0 aromatic rings. The molecule has 0 aromatic heterocycles. The zero-order valence-corrected chi connectivity index (χ0v) is 9.12. The van der Waals surface area contributed by atoms with Crippen LogP contribution in [0.25, 0.3) is 0 Å². The Kier molecular flexibility index (Phi) is 2.67. The predicted octanol–water partition coefficient (Wildman–Crippen LogP) is 2.42. The second kappa shape index (κ2) is 3.67. The topological polar surface area (TPSA) is 29.5 Å². The lowest BCUT2D eigenvalue weighted by Crippen LogP contribution is -2.20. The second-order valence-corrected chi connectivity index (χ2v) is 5.17. The van der Waals surface area contributed by atoms with Crippen molar-refractivity contribution in [1.29, 1.82) is 0 Å². The van der Waals surface area contributed by atoms with Gasteiger partial charge in [-0.15, -0.1) is 0 Å². The molecule has 2 nitrogen and oxygen atoms in total. The van der Waals surface area contributed by atoms with Crippen LogP contribution in [0, 0.1) is 0 Å². The first kappa shape index (κ1) is 10.2. The lowest BCUT2D eigenvalue weighted by Gasteiger charge is -2.19. The van der Waals surface area contributed by atoms with Gasteiger partial charge in [-0.25, -0.2) is 0 Å². The van der Waals surface area contributed by atoms with E-state index < -0.39 is 0 Å². The maximum Gasteiger partial charge on any atom is 0.0726 e. The summed E-state index contributed by atoms with van der Waals surface area (Å²) in [5.41, 5.74) is 1.46. The standard InChI is InChI=1S/C12H20O2/c1-12(2)6-5-11(14-12)8-9-3-4-10(13)7-9/h7,10-11,13H,3-6,8H2,1-2H3. The lowest BCUT2D eigenvalue weighted by molar-refractivity contribution is -0.0146. The van der Waals surface area contributed by atoms with E-state index in [-0.39, 0.29) is 11.7 Å². The quantitative estimate of drug-likeness (QED) is 0.687. The van der Waals surface area contributed by atoms with Gasteiger partial charge >= 0.3 is 0 Å². The molecule has 2 rings (SSSR count). The van der Waals surface area contributed by atoms with Crippen LogP contribution in [0.1, 0.15) is 46.0 Å². The molecule has 0 aromatic carbocycles. The predicted molar refractivity (Wildman–Crippen MR) is 56.1 cm³/mol. The van der Waals surface area contributed by atoms with Crippen LogP contribution in [-0.4, -0.2) is 22.9 Å². The molecule has 0 saturated carbocycles. The van der Waals surface area contributed by atoms with Gasteiger partial charge in [-0.2, -0.15) is 0 Å². The number of hydrogen-bond acceptors (Lipinski definition) is 2. The lowest BCUT2D eigenvalue weighted by atomic mass is 10.0. The number of ether oxygens (including phenoxy) is 1. The summed E-state index contributed by atoms with van der Waals surface area (Å²) in [5.74, 6) is 0. The van der Waals surface area contributed by atoms with Crippen molar-refractivity contribution >= 4 is 0 Å². The van der Waals surface area contributed by atoms with Crippen LogP contribution in [0.2, 0.25) is 0 Å². The van der Waals surface area contributed by atoms with E-state index in [1.807, 2.05) is 6.08 Å². The number of hydrogen-bond donors (Lipinski definition) is 1. The van der Waals surface area contributed by atoms with Crippen molar-refractivity contribution in [2.45, 2.75) is 63.8 Å². The fraction of sp³-hybridized carbons (Fsp3) is 0.833. The van der Waals surface area contributed by atoms with E-state index in [0.29, 0.717) is 6.10 Å². The minimum absolute atomic E-state index is 0.0719. The van der Waals surface area contributed by atoms with E-state index in [1.54, 1.807) is 0 Å². The van der Waals surface area contributed by atoms with Gasteiger partial charge < -0.3 is 9.84 Å². The summed E-state index contributed by atoms with van der Waals surface area (Å²) in [5, 5.41) is 9.36. The van der Waals surface area contributed by atoms with Crippen molar-refractivity contribution in [3.63, 3.8) is 0 Å².